The lowest BCUT2D eigenvalue weighted by atomic mass is 10.4. The number of carboxylic acid groups (broad SMARTS) is 1. The Morgan fingerprint density at radius 2 is 2.00 bits per heavy atom. The van der Waals surface area contributed by atoms with E-state index >= 15 is 0 Å². The Morgan fingerprint density at radius 1 is 1.54 bits per heavy atom. The molecule has 0 atom stereocenters. The minimum atomic E-state index is -2.32. The van der Waals surface area contributed by atoms with E-state index in [0.29, 0.717) is 0 Å². The summed E-state index contributed by atoms with van der Waals surface area (Å²) in [5.41, 5.74) is 7.90. The minimum absolute atomic E-state index is 1.76. The highest BCUT2D eigenvalue weighted by molar-refractivity contribution is 5.76. The van der Waals surface area contributed by atoms with E-state index in [9.17, 15) is 9.90 Å². The Balaban J connectivity index is 0.000000671. The summed E-state index contributed by atoms with van der Waals surface area (Å²) >= 11 is 0. The number of carbonyl (C=O) groups excluding carboxylic acids is 1. The fraction of sp³-hybridized carbons (Fsp3) is 0.500. The summed E-state index contributed by atoms with van der Waals surface area (Å²) in [7, 11) is 0. The maximum atomic E-state index is 10.2. The average molecular weight is 188 g/mol. The van der Waals surface area contributed by atoms with Crippen LogP contribution in [-0.2, 0) is 4.79 Å². The zero-order chi connectivity index (χ0) is 10.3. The molecule has 0 saturated heterocycles. The van der Waals surface area contributed by atoms with Gasteiger partial charge in [-0.25, -0.2) is 11.1 Å². The van der Waals surface area contributed by atoms with Crippen LogP contribution in [0.3, 0.4) is 0 Å². The molecule has 0 amide bonds. The first-order chi connectivity index (χ1) is 6.21. The largest absolute Gasteiger partial charge is 0.545 e. The van der Waals surface area contributed by atoms with Crippen molar-refractivity contribution in [2.75, 3.05) is 0 Å². The second kappa shape index (κ2) is 4.71. The molecule has 0 aromatic carbocycles. The highest BCUT2D eigenvalue weighted by Crippen LogP contribution is 2.20. The minimum Gasteiger partial charge on any atom is -0.545 e. The molecular formula is C2H4N8O3. The van der Waals surface area contributed by atoms with Gasteiger partial charge in [-0.05, 0) is 21.1 Å². The van der Waals surface area contributed by atoms with Gasteiger partial charge in [0.15, 0.2) is 0 Å². The van der Waals surface area contributed by atoms with Crippen molar-refractivity contribution in [3.05, 3.63) is 10.4 Å². The summed E-state index contributed by atoms with van der Waals surface area (Å²) in [6.07, 6.45) is 0. The molecule has 1 heterocycles. The molecule has 0 saturated carbocycles. The van der Waals surface area contributed by atoms with Crippen LogP contribution < -0.4 is 11.0 Å². The average Bonchev–Trinajstić information content (AvgIpc) is 2.59. The Morgan fingerprint density at radius 3 is 2.31 bits per heavy atom. The standard InChI is InChI=1S/C2HN7O2.H4NO/c3-7-4-2(1(10)11)5-8-9-6-2;1-2/h(H,10,11);2H,1H3/q;+1/p-1. The molecule has 1 aliphatic heterocycles. The quantitative estimate of drug-likeness (QED) is 0.223. The van der Waals surface area contributed by atoms with Crippen molar-refractivity contribution in [1.29, 1.82) is 0 Å². The second-order valence-corrected chi connectivity index (χ2v) is 1.49. The topological polar surface area (TPSA) is 186 Å². The van der Waals surface area contributed by atoms with Gasteiger partial charge in [0, 0.05) is 4.91 Å². The SMILES string of the molecule is [N-]=[N+]=NC1(C(=O)[O-])N=NN=N1.[NH3+]O. The number of rotatable bonds is 2. The van der Waals surface area contributed by atoms with E-state index in [0.717, 1.165) is 0 Å². The summed E-state index contributed by atoms with van der Waals surface area (Å²) in [4.78, 5) is 12.4. The molecule has 0 spiro atoms. The molecule has 11 nitrogen and oxygen atoms in total. The maximum absolute atomic E-state index is 10.2. The van der Waals surface area contributed by atoms with E-state index in [-0.39, 0.29) is 0 Å². The molecule has 13 heavy (non-hydrogen) atoms. The molecule has 1 aliphatic rings. The van der Waals surface area contributed by atoms with Crippen LogP contribution in [-0.4, -0.2) is 17.0 Å². The van der Waals surface area contributed by atoms with E-state index < -0.39 is 11.8 Å². The van der Waals surface area contributed by atoms with Gasteiger partial charge in [0.05, 0.1) is 0 Å². The van der Waals surface area contributed by atoms with Crippen LogP contribution in [0.5, 0.6) is 0 Å². The highest BCUT2D eigenvalue weighted by Gasteiger charge is 2.33. The summed E-state index contributed by atoms with van der Waals surface area (Å²) in [6.45, 7) is 0. The third kappa shape index (κ3) is 2.16. The normalized spacial score (nSPS) is 15.5. The van der Waals surface area contributed by atoms with E-state index in [1.165, 1.54) is 0 Å². The van der Waals surface area contributed by atoms with Crippen LogP contribution in [0.1, 0.15) is 0 Å². The fourth-order valence-electron chi connectivity index (χ4n) is 0.410. The van der Waals surface area contributed by atoms with Gasteiger partial charge in [-0.15, -0.1) is 10.2 Å². The Hall–Kier alpha value is -2.10. The van der Waals surface area contributed by atoms with Crippen molar-refractivity contribution in [2.45, 2.75) is 5.79 Å². The van der Waals surface area contributed by atoms with E-state index in [4.69, 9.17) is 10.7 Å². The van der Waals surface area contributed by atoms with Crippen LogP contribution in [0, 0.1) is 0 Å². The van der Waals surface area contributed by atoms with Crippen molar-refractivity contribution in [2.24, 2.45) is 25.8 Å². The predicted molar refractivity (Wildman–Crippen MR) is 31.3 cm³/mol. The number of hydrogen-bond donors (Lipinski definition) is 2. The van der Waals surface area contributed by atoms with Gasteiger partial charge >= 0.3 is 5.79 Å². The van der Waals surface area contributed by atoms with Crippen LogP contribution in [0.15, 0.2) is 25.8 Å². The number of quaternary nitrogens is 1. The molecule has 0 bridgehead atoms. The van der Waals surface area contributed by atoms with Gasteiger partial charge < -0.3 is 9.90 Å². The van der Waals surface area contributed by atoms with E-state index in [1.807, 2.05) is 0 Å². The second-order valence-electron chi connectivity index (χ2n) is 1.49. The maximum Gasteiger partial charge on any atom is 0.311 e. The van der Waals surface area contributed by atoms with E-state index in [1.54, 1.807) is 0 Å². The summed E-state index contributed by atoms with van der Waals surface area (Å²) in [6, 6.07) is 0. The third-order valence-electron chi connectivity index (χ3n) is 0.866. The van der Waals surface area contributed by atoms with Crippen LogP contribution in [0.4, 0.5) is 0 Å². The Labute approximate surface area is 70.1 Å². The summed E-state index contributed by atoms with van der Waals surface area (Å²) in [5.74, 6) is -1.84. The molecular weight excluding hydrogens is 184 g/mol. The highest BCUT2D eigenvalue weighted by atomic mass is 16.4. The number of carbonyl (C=O) groups is 1. The summed E-state index contributed by atoms with van der Waals surface area (Å²) in [5, 5.41) is 31.4. The number of hydrogen-bond acceptors (Lipinski definition) is 8. The lowest BCUT2D eigenvalue weighted by Gasteiger charge is -2.12. The first-order valence-corrected chi connectivity index (χ1v) is 2.65. The first-order valence-electron chi connectivity index (χ1n) is 2.65. The third-order valence-corrected chi connectivity index (χ3v) is 0.866. The van der Waals surface area contributed by atoms with Gasteiger partial charge in [0.1, 0.15) is 5.97 Å². The first kappa shape index (κ1) is 10.9. The van der Waals surface area contributed by atoms with Gasteiger partial charge in [0.25, 0.3) is 0 Å². The smallest absolute Gasteiger partial charge is 0.311 e. The molecule has 4 N–H and O–H groups in total. The molecule has 11 heteroatoms. The lowest BCUT2D eigenvalue weighted by Crippen LogP contribution is -2.42. The van der Waals surface area contributed by atoms with Crippen molar-refractivity contribution in [3.63, 3.8) is 0 Å². The number of nitrogens with zero attached hydrogens (tertiary/aromatic N) is 7. The molecule has 0 fully saturated rings. The van der Waals surface area contributed by atoms with Crippen molar-refractivity contribution >= 4 is 5.97 Å². The zero-order valence-electron chi connectivity index (χ0n) is 6.10. The van der Waals surface area contributed by atoms with Gasteiger partial charge in [-0.3, -0.25) is 0 Å². The number of aliphatic carboxylic acids is 1. The molecule has 1 rings (SSSR count). The van der Waals surface area contributed by atoms with Gasteiger partial charge in [-0.2, -0.15) is 0 Å². The predicted octanol–water partition coefficient (Wildman–Crippen LogP) is -1.85. The van der Waals surface area contributed by atoms with Crippen LogP contribution in [0.25, 0.3) is 10.4 Å². The zero-order valence-corrected chi connectivity index (χ0v) is 6.10. The molecule has 0 aliphatic carbocycles. The van der Waals surface area contributed by atoms with Crippen LogP contribution in [0.2, 0.25) is 0 Å². The molecule has 70 valence electrons. The molecule has 0 aromatic heterocycles. The summed E-state index contributed by atoms with van der Waals surface area (Å²) < 4.78 is 0. The Kier molecular flexibility index (Phi) is 3.95. The Bertz CT molecular complexity index is 272. The van der Waals surface area contributed by atoms with Crippen molar-refractivity contribution < 1.29 is 21.0 Å². The fourth-order valence-corrected chi connectivity index (χ4v) is 0.410. The molecule has 0 radical (unpaired) electrons. The van der Waals surface area contributed by atoms with Crippen LogP contribution >= 0.6 is 0 Å². The van der Waals surface area contributed by atoms with Gasteiger partial charge in [-0.1, -0.05) is 0 Å². The lowest BCUT2D eigenvalue weighted by molar-refractivity contribution is -0.670. The van der Waals surface area contributed by atoms with Crippen molar-refractivity contribution in [3.8, 4) is 0 Å². The molecule has 0 unspecified atom stereocenters. The monoisotopic (exact) mass is 188 g/mol. The van der Waals surface area contributed by atoms with Gasteiger partial charge in [0.2, 0.25) is 0 Å². The molecule has 0 aromatic rings. The van der Waals surface area contributed by atoms with E-state index in [2.05, 4.69) is 36.6 Å². The number of azide groups is 1. The van der Waals surface area contributed by atoms with Crippen molar-refractivity contribution in [1.82, 2.24) is 0 Å². The number of carboxylic acids is 1.